The molecular weight excluding hydrogens is 483 g/mol. The molecule has 0 atom stereocenters. The van der Waals surface area contributed by atoms with E-state index in [1.54, 1.807) is 35.3 Å². The summed E-state index contributed by atoms with van der Waals surface area (Å²) in [6.45, 7) is 9.95. The second kappa shape index (κ2) is 9.34. The van der Waals surface area contributed by atoms with Gasteiger partial charge >= 0.3 is 169 Å². The van der Waals surface area contributed by atoms with Crippen LogP contribution in [0, 0.1) is 0 Å². The summed E-state index contributed by atoms with van der Waals surface area (Å²) < 4.78 is 3.97. The van der Waals surface area contributed by atoms with Gasteiger partial charge in [-0.25, -0.2) is 0 Å². The van der Waals surface area contributed by atoms with Crippen molar-refractivity contribution in [2.24, 2.45) is 0 Å². The number of rotatable bonds is 6. The zero-order valence-corrected chi connectivity index (χ0v) is 23.5. The molecule has 0 saturated carbocycles. The molecule has 0 radical (unpaired) electrons. The molecule has 4 aliphatic rings. The molecule has 0 unspecified atom stereocenters. The molecule has 2 heterocycles. The van der Waals surface area contributed by atoms with E-state index in [-0.39, 0.29) is 24.8 Å². The first kappa shape index (κ1) is 24.1. The Labute approximate surface area is 192 Å². The van der Waals surface area contributed by atoms with E-state index in [1.807, 2.05) is 17.0 Å². The van der Waals surface area contributed by atoms with E-state index in [4.69, 9.17) is 0 Å². The molecule has 2 aliphatic carbocycles. The predicted molar refractivity (Wildman–Crippen MR) is 112 cm³/mol. The van der Waals surface area contributed by atoms with Crippen LogP contribution in [0.25, 0.3) is 0 Å². The van der Waals surface area contributed by atoms with Crippen LogP contribution < -0.4 is 24.8 Å². The molecule has 0 bridgehead atoms. The van der Waals surface area contributed by atoms with E-state index in [1.165, 1.54) is 37.8 Å². The molecule has 148 valence electrons. The van der Waals surface area contributed by atoms with Crippen LogP contribution in [0.15, 0.2) is 40.3 Å². The van der Waals surface area contributed by atoms with Gasteiger partial charge in [-0.2, -0.15) is 0 Å². The van der Waals surface area contributed by atoms with Crippen LogP contribution in [0.3, 0.4) is 0 Å². The van der Waals surface area contributed by atoms with Gasteiger partial charge in [0, 0.05) is 0 Å². The van der Waals surface area contributed by atoms with E-state index in [0.717, 1.165) is 0 Å². The van der Waals surface area contributed by atoms with E-state index in [0.29, 0.717) is 0 Å². The smallest absolute Gasteiger partial charge is 1.00 e. The van der Waals surface area contributed by atoms with Crippen molar-refractivity contribution in [3.05, 3.63) is 40.3 Å². The molecule has 27 heavy (non-hydrogen) atoms. The molecule has 4 rings (SSSR count). The average molecular weight is 517 g/mol. The maximum absolute atomic E-state index is 2.71. The standard InChI is InChI=1S/2C11H17Si.2ClH.Zr/c2*1-3-12(7-4-8-12)11-6-5-10(2)9-11;;;/h2*6H,3-5,7-8H2,1-2H3;2*1H;/q;;;;+2/p-2. The van der Waals surface area contributed by atoms with Crippen LogP contribution in [0.1, 0.15) is 53.4 Å². The zero-order valence-electron chi connectivity index (χ0n) is 17.5. The number of hydrogen-bond acceptors (Lipinski definition) is 0. The summed E-state index contributed by atoms with van der Waals surface area (Å²) in [6.07, 6.45) is 11.1. The summed E-state index contributed by atoms with van der Waals surface area (Å²) in [5.74, 6) is 0. The molecule has 5 heteroatoms. The monoisotopic (exact) mass is 514 g/mol. The van der Waals surface area contributed by atoms with Crippen molar-refractivity contribution in [2.45, 2.75) is 89.6 Å². The molecule has 2 aliphatic heterocycles. The Balaban J connectivity index is 0.00000131. The quantitative estimate of drug-likeness (QED) is 0.464. The molecule has 0 aromatic carbocycles. The van der Waals surface area contributed by atoms with Crippen LogP contribution in [0.2, 0.25) is 36.3 Å². The first-order chi connectivity index (χ1) is 12.1. The predicted octanol–water partition coefficient (Wildman–Crippen LogP) is 1.11. The summed E-state index contributed by atoms with van der Waals surface area (Å²) in [6, 6.07) is 9.40. The Kier molecular flexibility index (Phi) is 8.34. The SMILES string of the molecule is CC[Si]1(C2=CCC(C)=[C]2[Zr+2][C]2=C(C)CC=C2[Si]2(CC)CCC2)CCC1.[Cl-].[Cl-]. The van der Waals surface area contributed by atoms with Crippen LogP contribution >= 0.6 is 0 Å². The van der Waals surface area contributed by atoms with E-state index in [9.17, 15) is 0 Å². The number of allylic oxidation sites excluding steroid dienone is 8. The minimum absolute atomic E-state index is 0. The van der Waals surface area contributed by atoms with E-state index < -0.39 is 39.4 Å². The second-order valence-corrected chi connectivity index (χ2v) is 21.7. The van der Waals surface area contributed by atoms with Crippen LogP contribution in [-0.4, -0.2) is 16.1 Å². The maximum atomic E-state index is 2.71. The summed E-state index contributed by atoms with van der Waals surface area (Å²) in [7, 11) is -2.08. The molecule has 0 spiro atoms. The van der Waals surface area contributed by atoms with Crippen molar-refractivity contribution >= 4 is 16.1 Å². The molecule has 0 amide bonds. The first-order valence-corrected chi connectivity index (χ1v) is 18.3. The average Bonchev–Trinajstić information content (AvgIpc) is 3.06. The Bertz CT molecular complexity index is 639. The first-order valence-electron chi connectivity index (χ1n) is 10.6. The third-order valence-corrected chi connectivity index (χ3v) is 25.0. The summed E-state index contributed by atoms with van der Waals surface area (Å²) in [5.41, 5.74) is 3.56. The van der Waals surface area contributed by atoms with Gasteiger partial charge in [-0.15, -0.1) is 0 Å². The Morgan fingerprint density at radius 1 is 0.741 bits per heavy atom. The third-order valence-electron chi connectivity index (χ3n) is 7.98. The normalized spacial score (nSPS) is 24.9. The molecule has 0 aromatic heterocycles. The van der Waals surface area contributed by atoms with Gasteiger partial charge in [-0.05, 0) is 0 Å². The fourth-order valence-corrected chi connectivity index (χ4v) is 21.9. The van der Waals surface area contributed by atoms with Gasteiger partial charge in [-0.3, -0.25) is 0 Å². The Hall–Kier alpha value is 0.857. The summed E-state index contributed by atoms with van der Waals surface area (Å²) in [4.78, 5) is 0. The minimum atomic E-state index is -1.04. The summed E-state index contributed by atoms with van der Waals surface area (Å²) in [5, 5.41) is 3.97. The van der Waals surface area contributed by atoms with Crippen molar-refractivity contribution in [3.8, 4) is 0 Å². The second-order valence-electron chi connectivity index (χ2n) is 9.05. The van der Waals surface area contributed by atoms with Crippen molar-refractivity contribution in [2.75, 3.05) is 0 Å². The van der Waals surface area contributed by atoms with Gasteiger partial charge in [0.15, 0.2) is 0 Å². The number of halogens is 2. The Morgan fingerprint density at radius 2 is 1.11 bits per heavy atom. The third kappa shape index (κ3) is 3.94. The molecule has 2 fully saturated rings. The van der Waals surface area contributed by atoms with Gasteiger partial charge in [0.05, 0.1) is 0 Å². The molecule has 0 aromatic rings. The van der Waals surface area contributed by atoms with Crippen LogP contribution in [-0.2, 0) is 23.2 Å². The van der Waals surface area contributed by atoms with Crippen LogP contribution in [0.4, 0.5) is 0 Å². The fraction of sp³-hybridized carbons (Fsp3) is 0.636. The summed E-state index contributed by atoms with van der Waals surface area (Å²) >= 11 is -0.610. The minimum Gasteiger partial charge on any atom is -1.00 e. The van der Waals surface area contributed by atoms with Gasteiger partial charge in [-0.1, -0.05) is 0 Å². The Morgan fingerprint density at radius 3 is 1.37 bits per heavy atom. The van der Waals surface area contributed by atoms with E-state index in [2.05, 4.69) is 39.8 Å². The molecular formula is C22H34Cl2Si2Zr. The molecule has 0 N–H and O–H groups in total. The van der Waals surface area contributed by atoms with Crippen molar-refractivity contribution < 1.29 is 48.0 Å². The zero-order chi connectivity index (χ0) is 17.7. The molecule has 0 nitrogen and oxygen atoms in total. The van der Waals surface area contributed by atoms with Crippen molar-refractivity contribution in [1.82, 2.24) is 0 Å². The topological polar surface area (TPSA) is 0 Å². The number of hydrogen-bond donors (Lipinski definition) is 0. The fourth-order valence-electron chi connectivity index (χ4n) is 5.65. The van der Waals surface area contributed by atoms with E-state index >= 15 is 0 Å². The van der Waals surface area contributed by atoms with Gasteiger partial charge in [0.1, 0.15) is 0 Å². The van der Waals surface area contributed by atoms with Gasteiger partial charge < -0.3 is 24.8 Å². The van der Waals surface area contributed by atoms with Gasteiger partial charge in [0.2, 0.25) is 0 Å². The van der Waals surface area contributed by atoms with Crippen LogP contribution in [0.5, 0.6) is 0 Å². The van der Waals surface area contributed by atoms with Crippen molar-refractivity contribution in [1.29, 1.82) is 0 Å². The maximum Gasteiger partial charge on any atom is -1.00 e. The molecule has 2 saturated heterocycles. The van der Waals surface area contributed by atoms with Crippen molar-refractivity contribution in [3.63, 3.8) is 0 Å². The van der Waals surface area contributed by atoms with Gasteiger partial charge in [0.25, 0.3) is 0 Å². The largest absolute Gasteiger partial charge is 1.00 e.